The van der Waals surface area contributed by atoms with Crippen LogP contribution in [0.2, 0.25) is 0 Å². The molecule has 0 saturated heterocycles. The van der Waals surface area contributed by atoms with Crippen LogP contribution in [0.5, 0.6) is 17.2 Å². The van der Waals surface area contributed by atoms with E-state index >= 15 is 0 Å². The Morgan fingerprint density at radius 3 is 2.29 bits per heavy atom. The fourth-order valence-corrected chi connectivity index (χ4v) is 5.22. The molecule has 4 aromatic rings. The average Bonchev–Trinajstić information content (AvgIpc) is 3.06. The molecule has 1 heterocycles. The number of aromatic nitrogens is 2. The highest BCUT2D eigenvalue weighted by Gasteiger charge is 2.31. The number of alkyl halides is 3. The number of carboxylic acid groups (broad SMARTS) is 1. The van der Waals surface area contributed by atoms with E-state index in [0.717, 1.165) is 39.9 Å². The van der Waals surface area contributed by atoms with Gasteiger partial charge in [0.25, 0.3) is 0 Å². The molecule has 0 bridgehead atoms. The molecule has 48 heavy (non-hydrogen) atoms. The van der Waals surface area contributed by atoms with Crippen LogP contribution in [-0.4, -0.2) is 41.9 Å². The zero-order chi connectivity index (χ0) is 35.0. The predicted octanol–water partition coefficient (Wildman–Crippen LogP) is 7.93. The number of nitriles is 1. The summed E-state index contributed by atoms with van der Waals surface area (Å²) < 4.78 is 58.4. The molecule has 9 nitrogen and oxygen atoms in total. The summed E-state index contributed by atoms with van der Waals surface area (Å²) in [6, 6.07) is 14.9. The number of nitrogens with zero attached hydrogens (tertiary/aromatic N) is 4. The summed E-state index contributed by atoms with van der Waals surface area (Å²) in [7, 11) is 3.16. The Hall–Kier alpha value is -5.31. The van der Waals surface area contributed by atoms with E-state index in [1.165, 1.54) is 18.5 Å². The Labute approximate surface area is 277 Å². The fourth-order valence-electron chi connectivity index (χ4n) is 5.22. The zero-order valence-corrected chi connectivity index (χ0v) is 27.4. The van der Waals surface area contributed by atoms with E-state index < -0.39 is 17.7 Å². The second-order valence-electron chi connectivity index (χ2n) is 11.5. The minimum Gasteiger partial charge on any atom is -0.496 e. The molecule has 0 aliphatic heterocycles. The maximum atomic E-state index is 13.8. The largest absolute Gasteiger partial charge is 0.496 e. The minimum atomic E-state index is -4.65. The second kappa shape index (κ2) is 15.5. The summed E-state index contributed by atoms with van der Waals surface area (Å²) in [5, 5.41) is 18.4. The molecule has 0 aliphatic rings. The van der Waals surface area contributed by atoms with Gasteiger partial charge in [0, 0.05) is 25.1 Å². The van der Waals surface area contributed by atoms with E-state index in [2.05, 4.69) is 29.9 Å². The van der Waals surface area contributed by atoms with Crippen LogP contribution in [-0.2, 0) is 24.1 Å². The number of aryl methyl sites for hydroxylation is 1. The molecular formula is C36H37F3N4O5. The number of carbonyl (C=O) groups is 1. The lowest BCUT2D eigenvalue weighted by molar-refractivity contribution is -0.138. The maximum Gasteiger partial charge on any atom is 0.416 e. The summed E-state index contributed by atoms with van der Waals surface area (Å²) in [5.74, 6) is 1.07. The summed E-state index contributed by atoms with van der Waals surface area (Å²) in [6.07, 6.45) is -1.57. The van der Waals surface area contributed by atoms with Crippen LogP contribution in [0.3, 0.4) is 0 Å². The van der Waals surface area contributed by atoms with Crippen molar-refractivity contribution in [3.63, 3.8) is 0 Å². The highest BCUT2D eigenvalue weighted by atomic mass is 19.4. The predicted molar refractivity (Wildman–Crippen MR) is 174 cm³/mol. The molecule has 0 radical (unpaired) electrons. The lowest BCUT2D eigenvalue weighted by atomic mass is 9.92. The zero-order valence-electron chi connectivity index (χ0n) is 27.4. The molecule has 3 aromatic carbocycles. The normalized spacial score (nSPS) is 11.2. The number of aliphatic carboxylic acids is 1. The van der Waals surface area contributed by atoms with Crippen molar-refractivity contribution >= 4 is 11.9 Å². The van der Waals surface area contributed by atoms with Crippen LogP contribution in [0.15, 0.2) is 60.9 Å². The van der Waals surface area contributed by atoms with Gasteiger partial charge in [-0.15, -0.1) is 0 Å². The Morgan fingerprint density at radius 1 is 0.979 bits per heavy atom. The first-order chi connectivity index (χ1) is 22.8. The SMILES string of the molecule is COc1cc(CN(Cc2cc(C#N)cc(C(F)(F)F)c2)c2ncc(OCCCC(=O)O)cn2)c(-c2cc(C(C)C)ccc2OC)cc1C. The van der Waals surface area contributed by atoms with E-state index in [1.807, 2.05) is 37.3 Å². The van der Waals surface area contributed by atoms with E-state index in [4.69, 9.17) is 19.3 Å². The van der Waals surface area contributed by atoms with Gasteiger partial charge in [-0.2, -0.15) is 18.4 Å². The van der Waals surface area contributed by atoms with E-state index in [1.54, 1.807) is 19.1 Å². The molecule has 0 fully saturated rings. The molecular weight excluding hydrogens is 625 g/mol. The Bertz CT molecular complexity index is 1790. The van der Waals surface area contributed by atoms with Crippen molar-refractivity contribution in [2.45, 2.75) is 58.8 Å². The van der Waals surface area contributed by atoms with E-state index in [-0.39, 0.29) is 49.1 Å². The monoisotopic (exact) mass is 662 g/mol. The quantitative estimate of drug-likeness (QED) is 0.134. The first kappa shape index (κ1) is 35.5. The molecule has 0 unspecified atom stereocenters. The van der Waals surface area contributed by atoms with Crippen LogP contribution >= 0.6 is 0 Å². The van der Waals surface area contributed by atoms with Gasteiger partial charge in [0.1, 0.15) is 11.5 Å². The van der Waals surface area contributed by atoms with Gasteiger partial charge in [0.05, 0.1) is 50.4 Å². The van der Waals surface area contributed by atoms with Crippen LogP contribution in [0.25, 0.3) is 11.1 Å². The number of hydrogen-bond acceptors (Lipinski definition) is 8. The Balaban J connectivity index is 1.82. The standard InChI is InChI=1S/C36H37F3N4O5/c1-22(2)26-8-9-32(46-4)31(15-26)30-11-23(3)33(47-5)16-27(30)21-43(20-25-12-24(17-40)13-28(14-25)36(37,38)39)35-41-18-29(19-42-35)48-10-6-7-34(44)45/h8-9,11-16,18-19,22H,6-7,10,20-21H2,1-5H3,(H,44,45). The molecule has 1 aromatic heterocycles. The molecule has 4 rings (SSSR count). The Kier molecular flexibility index (Phi) is 11.5. The first-order valence-corrected chi connectivity index (χ1v) is 15.2. The van der Waals surface area contributed by atoms with Crippen molar-refractivity contribution < 1.29 is 37.3 Å². The third-order valence-electron chi connectivity index (χ3n) is 7.69. The van der Waals surface area contributed by atoms with E-state index in [0.29, 0.717) is 23.7 Å². The number of rotatable bonds is 14. The van der Waals surface area contributed by atoms with Crippen molar-refractivity contribution in [1.82, 2.24) is 9.97 Å². The summed E-state index contributed by atoms with van der Waals surface area (Å²) in [6.45, 7) is 6.31. The van der Waals surface area contributed by atoms with Gasteiger partial charge >= 0.3 is 12.1 Å². The topological polar surface area (TPSA) is 118 Å². The molecule has 0 aliphatic carbocycles. The maximum absolute atomic E-state index is 13.8. The minimum absolute atomic E-state index is 0.0540. The van der Waals surface area contributed by atoms with Gasteiger partial charge in [-0.25, -0.2) is 9.97 Å². The van der Waals surface area contributed by atoms with Gasteiger partial charge in [0.2, 0.25) is 5.95 Å². The summed E-state index contributed by atoms with van der Waals surface area (Å²) >= 11 is 0. The van der Waals surface area contributed by atoms with Crippen LogP contribution in [0.1, 0.15) is 66.0 Å². The van der Waals surface area contributed by atoms with Crippen LogP contribution < -0.4 is 19.1 Å². The summed E-state index contributed by atoms with van der Waals surface area (Å²) in [5.41, 5.74) is 3.57. The third-order valence-corrected chi connectivity index (χ3v) is 7.69. The van der Waals surface area contributed by atoms with Gasteiger partial charge < -0.3 is 24.2 Å². The number of carboxylic acids is 1. The summed E-state index contributed by atoms with van der Waals surface area (Å²) in [4.78, 5) is 21.5. The number of ether oxygens (including phenoxy) is 3. The fraction of sp³-hybridized carbons (Fsp3) is 0.333. The van der Waals surface area contributed by atoms with Gasteiger partial charge in [0.15, 0.2) is 5.75 Å². The van der Waals surface area contributed by atoms with Crippen molar-refractivity contribution in [1.29, 1.82) is 5.26 Å². The molecule has 0 amide bonds. The third kappa shape index (κ3) is 8.94. The van der Waals surface area contributed by atoms with Crippen molar-refractivity contribution in [3.8, 4) is 34.4 Å². The highest BCUT2D eigenvalue weighted by molar-refractivity contribution is 5.76. The van der Waals surface area contributed by atoms with Gasteiger partial charge in [-0.05, 0) is 89.5 Å². The average molecular weight is 663 g/mol. The number of benzene rings is 3. The second-order valence-corrected chi connectivity index (χ2v) is 11.5. The number of methoxy groups -OCH3 is 2. The van der Waals surface area contributed by atoms with Crippen LogP contribution in [0.4, 0.5) is 19.1 Å². The van der Waals surface area contributed by atoms with Crippen molar-refractivity contribution in [3.05, 3.63) is 94.3 Å². The van der Waals surface area contributed by atoms with Gasteiger partial charge in [-0.3, -0.25) is 4.79 Å². The lowest BCUT2D eigenvalue weighted by Gasteiger charge is -2.26. The van der Waals surface area contributed by atoms with E-state index in [9.17, 15) is 23.2 Å². The molecule has 0 saturated carbocycles. The first-order valence-electron chi connectivity index (χ1n) is 15.2. The number of hydrogen-bond donors (Lipinski definition) is 1. The molecule has 12 heteroatoms. The van der Waals surface area contributed by atoms with Crippen LogP contribution in [0, 0.1) is 18.3 Å². The van der Waals surface area contributed by atoms with Gasteiger partial charge in [-0.1, -0.05) is 19.9 Å². The molecule has 0 atom stereocenters. The van der Waals surface area contributed by atoms with Crippen molar-refractivity contribution in [2.24, 2.45) is 0 Å². The van der Waals surface area contributed by atoms with Crippen molar-refractivity contribution in [2.75, 3.05) is 25.7 Å². The molecule has 1 N–H and O–H groups in total. The molecule has 0 spiro atoms. The smallest absolute Gasteiger partial charge is 0.416 e. The lowest BCUT2D eigenvalue weighted by Crippen LogP contribution is -2.25. The highest BCUT2D eigenvalue weighted by Crippen LogP contribution is 2.39. The number of halogens is 3. The Morgan fingerprint density at radius 2 is 1.69 bits per heavy atom. The molecule has 252 valence electrons. The number of anilines is 1.